The number of aromatic nitrogens is 1. The highest BCUT2D eigenvalue weighted by molar-refractivity contribution is 7.22. The minimum absolute atomic E-state index is 0.587. The van der Waals surface area contributed by atoms with Crippen LogP contribution in [0, 0.1) is 11.3 Å². The Hall–Kier alpha value is -3.10. The zero-order valence-corrected chi connectivity index (χ0v) is 13.6. The lowest BCUT2D eigenvalue weighted by molar-refractivity contribution is 1.20. The van der Waals surface area contributed by atoms with Crippen LogP contribution in [0.4, 0.5) is 10.8 Å². The molecule has 5 heteroatoms. The number of anilines is 2. The van der Waals surface area contributed by atoms with Crippen molar-refractivity contribution in [1.82, 2.24) is 4.98 Å². The minimum Gasteiger partial charge on any atom is -0.368 e. The van der Waals surface area contributed by atoms with E-state index in [2.05, 4.69) is 52.0 Å². The fourth-order valence-electron chi connectivity index (χ4n) is 2.59. The van der Waals surface area contributed by atoms with Crippen LogP contribution in [0.15, 0.2) is 60.7 Å². The van der Waals surface area contributed by atoms with Gasteiger partial charge in [0.15, 0.2) is 5.13 Å². The number of thiazole rings is 1. The maximum absolute atomic E-state index is 8.96. The molecule has 116 valence electrons. The second-order valence-electron chi connectivity index (χ2n) is 5.41. The summed E-state index contributed by atoms with van der Waals surface area (Å²) in [5, 5.41) is 18.9. The number of hydrogen-bond donors (Lipinski definition) is 2. The number of benzene rings is 3. The molecule has 24 heavy (non-hydrogen) atoms. The van der Waals surface area contributed by atoms with E-state index < -0.39 is 0 Å². The Bertz CT molecular complexity index is 1060. The van der Waals surface area contributed by atoms with Gasteiger partial charge in [0.1, 0.15) is 0 Å². The summed E-state index contributed by atoms with van der Waals surface area (Å²) in [6.07, 6.45) is 0. The largest absolute Gasteiger partial charge is 0.368 e. The highest BCUT2D eigenvalue weighted by Gasteiger charge is 2.04. The molecular formula is C19H14N4S. The van der Waals surface area contributed by atoms with Crippen molar-refractivity contribution in [1.29, 1.82) is 5.26 Å². The van der Waals surface area contributed by atoms with Crippen LogP contribution < -0.4 is 10.6 Å². The summed E-state index contributed by atoms with van der Waals surface area (Å²) in [5.41, 5.74) is 2.63. The Morgan fingerprint density at radius 3 is 2.71 bits per heavy atom. The summed E-state index contributed by atoms with van der Waals surface area (Å²) < 4.78 is 1.02. The van der Waals surface area contributed by atoms with E-state index in [9.17, 15) is 0 Å². The fraction of sp³-hybridized carbons (Fsp3) is 0.0526. The summed E-state index contributed by atoms with van der Waals surface area (Å²) in [4.78, 5) is 4.53. The normalized spacial score (nSPS) is 10.6. The molecule has 1 aromatic heterocycles. The molecule has 2 N–H and O–H groups in total. The molecule has 4 rings (SSSR count). The van der Waals surface area contributed by atoms with Crippen molar-refractivity contribution in [2.45, 2.75) is 0 Å². The Kier molecular flexibility index (Phi) is 3.73. The highest BCUT2D eigenvalue weighted by atomic mass is 32.1. The van der Waals surface area contributed by atoms with Gasteiger partial charge < -0.3 is 10.6 Å². The summed E-state index contributed by atoms with van der Waals surface area (Å²) in [7, 11) is 0. The quantitative estimate of drug-likeness (QED) is 0.528. The lowest BCUT2D eigenvalue weighted by atomic mass is 10.1. The molecule has 0 bridgehead atoms. The first kappa shape index (κ1) is 14.5. The van der Waals surface area contributed by atoms with Crippen molar-refractivity contribution in [3.8, 4) is 6.07 Å². The van der Waals surface area contributed by atoms with Crippen LogP contribution in [0.25, 0.3) is 21.0 Å². The van der Waals surface area contributed by atoms with Crippen LogP contribution in [-0.2, 0) is 0 Å². The predicted molar refractivity (Wildman–Crippen MR) is 100 cm³/mol. The molecule has 4 aromatic rings. The lowest BCUT2D eigenvalue weighted by Gasteiger charge is -2.08. The SMILES string of the molecule is N#Cc1ccc2nc(NCNc3ccc4ccccc4c3)sc2c1. The second kappa shape index (κ2) is 6.19. The van der Waals surface area contributed by atoms with Gasteiger partial charge in [-0.25, -0.2) is 4.98 Å². The molecule has 0 saturated carbocycles. The van der Waals surface area contributed by atoms with Gasteiger partial charge in [-0.2, -0.15) is 5.26 Å². The minimum atomic E-state index is 0.587. The van der Waals surface area contributed by atoms with E-state index in [1.54, 1.807) is 17.4 Å². The van der Waals surface area contributed by atoms with Gasteiger partial charge in [-0.3, -0.25) is 0 Å². The predicted octanol–water partition coefficient (Wildman–Crippen LogP) is 4.80. The second-order valence-corrected chi connectivity index (χ2v) is 6.44. The molecule has 0 aliphatic rings. The first-order valence-electron chi connectivity index (χ1n) is 7.59. The topological polar surface area (TPSA) is 60.7 Å². The van der Waals surface area contributed by atoms with Crippen molar-refractivity contribution in [2.75, 3.05) is 17.3 Å². The number of nitriles is 1. The summed E-state index contributed by atoms with van der Waals surface area (Å²) in [6, 6.07) is 22.3. The van der Waals surface area contributed by atoms with Crippen molar-refractivity contribution in [2.24, 2.45) is 0 Å². The van der Waals surface area contributed by atoms with E-state index in [1.807, 2.05) is 24.3 Å². The van der Waals surface area contributed by atoms with Crippen LogP contribution in [0.2, 0.25) is 0 Å². The van der Waals surface area contributed by atoms with E-state index in [-0.39, 0.29) is 0 Å². The number of hydrogen-bond acceptors (Lipinski definition) is 5. The molecule has 1 heterocycles. The summed E-state index contributed by atoms with van der Waals surface area (Å²) >= 11 is 1.55. The summed E-state index contributed by atoms with van der Waals surface area (Å²) in [6.45, 7) is 0.587. The average molecular weight is 330 g/mol. The van der Waals surface area contributed by atoms with E-state index in [0.717, 1.165) is 21.0 Å². The molecule has 0 aliphatic carbocycles. The van der Waals surface area contributed by atoms with Gasteiger partial charge in [0, 0.05) is 5.69 Å². The number of nitrogens with one attached hydrogen (secondary N) is 2. The van der Waals surface area contributed by atoms with Crippen molar-refractivity contribution >= 4 is 43.1 Å². The van der Waals surface area contributed by atoms with E-state index in [4.69, 9.17) is 5.26 Å². The molecule has 0 aliphatic heterocycles. The van der Waals surface area contributed by atoms with Gasteiger partial charge in [-0.05, 0) is 41.1 Å². The van der Waals surface area contributed by atoms with Gasteiger partial charge in [-0.15, -0.1) is 0 Å². The third kappa shape index (κ3) is 2.87. The molecule has 0 unspecified atom stereocenters. The Morgan fingerprint density at radius 1 is 0.958 bits per heavy atom. The van der Waals surface area contributed by atoms with Gasteiger partial charge in [-0.1, -0.05) is 41.7 Å². The molecule has 0 atom stereocenters. The van der Waals surface area contributed by atoms with Crippen LogP contribution in [-0.4, -0.2) is 11.7 Å². The van der Waals surface area contributed by atoms with E-state index in [0.29, 0.717) is 12.2 Å². The zero-order valence-electron chi connectivity index (χ0n) is 12.8. The monoisotopic (exact) mass is 330 g/mol. The molecule has 0 amide bonds. The third-order valence-corrected chi connectivity index (χ3v) is 4.78. The average Bonchev–Trinajstić information content (AvgIpc) is 3.03. The standard InChI is InChI=1S/C19H14N4S/c20-11-13-5-8-17-18(9-13)24-19(23-17)22-12-21-16-7-6-14-3-1-2-4-15(14)10-16/h1-10,21H,12H2,(H,22,23). The first-order chi connectivity index (χ1) is 11.8. The molecule has 0 radical (unpaired) electrons. The number of fused-ring (bicyclic) bond motifs is 2. The van der Waals surface area contributed by atoms with Crippen molar-refractivity contribution < 1.29 is 0 Å². The molecule has 3 aromatic carbocycles. The first-order valence-corrected chi connectivity index (χ1v) is 8.41. The zero-order chi connectivity index (χ0) is 16.4. The number of nitrogens with zero attached hydrogens (tertiary/aromatic N) is 2. The maximum atomic E-state index is 8.96. The van der Waals surface area contributed by atoms with Crippen molar-refractivity contribution in [3.63, 3.8) is 0 Å². The smallest absolute Gasteiger partial charge is 0.185 e. The lowest BCUT2D eigenvalue weighted by Crippen LogP contribution is -2.11. The van der Waals surface area contributed by atoms with Crippen molar-refractivity contribution in [3.05, 3.63) is 66.2 Å². The van der Waals surface area contributed by atoms with E-state index >= 15 is 0 Å². The Morgan fingerprint density at radius 2 is 1.83 bits per heavy atom. The highest BCUT2D eigenvalue weighted by Crippen LogP contribution is 2.26. The molecule has 0 fully saturated rings. The molecule has 0 saturated heterocycles. The Balaban J connectivity index is 1.45. The Labute approximate surface area is 143 Å². The van der Waals surface area contributed by atoms with Crippen LogP contribution in [0.1, 0.15) is 5.56 Å². The van der Waals surface area contributed by atoms with Gasteiger partial charge in [0.25, 0.3) is 0 Å². The fourth-order valence-corrected chi connectivity index (χ4v) is 3.49. The molecule has 0 spiro atoms. The number of rotatable bonds is 4. The van der Waals surface area contributed by atoms with E-state index in [1.165, 1.54) is 10.8 Å². The maximum Gasteiger partial charge on any atom is 0.185 e. The van der Waals surface area contributed by atoms with Crippen LogP contribution >= 0.6 is 11.3 Å². The summed E-state index contributed by atoms with van der Waals surface area (Å²) in [5.74, 6) is 0. The van der Waals surface area contributed by atoms with Gasteiger partial charge >= 0.3 is 0 Å². The van der Waals surface area contributed by atoms with Gasteiger partial charge in [0.2, 0.25) is 0 Å². The third-order valence-electron chi connectivity index (χ3n) is 3.80. The van der Waals surface area contributed by atoms with Gasteiger partial charge in [0.05, 0.1) is 28.5 Å². The molecular weight excluding hydrogens is 316 g/mol. The van der Waals surface area contributed by atoms with Crippen LogP contribution in [0.5, 0.6) is 0 Å². The van der Waals surface area contributed by atoms with Crippen LogP contribution in [0.3, 0.4) is 0 Å². The molecule has 4 nitrogen and oxygen atoms in total.